The number of hydrogen-bond donors (Lipinski definition) is 1. The number of aromatic nitrogens is 2. The van der Waals surface area contributed by atoms with Crippen LogP contribution in [-0.2, 0) is 0 Å². The third kappa shape index (κ3) is 3.55. The van der Waals surface area contributed by atoms with Crippen molar-refractivity contribution in [3.8, 4) is 5.69 Å². The minimum absolute atomic E-state index is 0.0611. The molecule has 0 bridgehead atoms. The minimum Gasteiger partial charge on any atom is -0.381 e. The molecule has 23 heavy (non-hydrogen) atoms. The molecule has 0 amide bonds. The van der Waals surface area contributed by atoms with Crippen molar-refractivity contribution in [3.63, 3.8) is 0 Å². The summed E-state index contributed by atoms with van der Waals surface area (Å²) < 4.78 is 1.17. The molecule has 0 saturated carbocycles. The van der Waals surface area contributed by atoms with E-state index in [-0.39, 0.29) is 10.0 Å². The van der Waals surface area contributed by atoms with Crippen LogP contribution in [0.5, 0.6) is 0 Å². The van der Waals surface area contributed by atoms with Gasteiger partial charge in [0.25, 0.3) is 5.56 Å². The molecule has 1 aromatic heterocycles. The maximum Gasteiger partial charge on any atom is 0.291 e. The van der Waals surface area contributed by atoms with Crippen molar-refractivity contribution < 1.29 is 0 Å². The minimum atomic E-state index is -0.478. The Hall–Kier alpha value is -1.49. The summed E-state index contributed by atoms with van der Waals surface area (Å²) in [5.41, 5.74) is 0.893. The van der Waals surface area contributed by atoms with Crippen LogP contribution in [0.1, 0.15) is 19.3 Å². The lowest BCUT2D eigenvalue weighted by molar-refractivity contribution is 0.645. The van der Waals surface area contributed by atoms with Crippen molar-refractivity contribution >= 4 is 40.5 Å². The van der Waals surface area contributed by atoms with Gasteiger partial charge in [-0.3, -0.25) is 4.79 Å². The quantitative estimate of drug-likeness (QED) is 0.796. The predicted molar refractivity (Wildman–Crippen MR) is 95.3 cm³/mol. The number of hydrogen-bond acceptors (Lipinski definition) is 3. The van der Waals surface area contributed by atoms with Gasteiger partial charge in [-0.05, 0) is 37.5 Å². The molecule has 0 spiro atoms. The lowest BCUT2D eigenvalue weighted by Crippen LogP contribution is -2.22. The Bertz CT molecular complexity index is 817. The number of nitrogens with zero attached hydrogens (tertiary/aromatic N) is 2. The van der Waals surface area contributed by atoms with Gasteiger partial charge in [0, 0.05) is 6.04 Å². The van der Waals surface area contributed by atoms with Crippen LogP contribution in [0.3, 0.4) is 0 Å². The molecule has 0 aliphatic heterocycles. The second-order valence-electron chi connectivity index (χ2n) is 5.31. The van der Waals surface area contributed by atoms with E-state index in [0.717, 1.165) is 24.9 Å². The van der Waals surface area contributed by atoms with Crippen LogP contribution in [0.4, 0.5) is 5.69 Å². The molecule has 1 aliphatic rings. The standard InChI is InChI=1S/C16H14Cl3N3O/c17-12-8-11(22-16(23)15(19)13(18)9-20-22)6-7-14(12)21-10-4-2-1-3-5-10/h1-2,6-10,21H,3-5H2. The molecular weight excluding hydrogens is 357 g/mol. The van der Waals surface area contributed by atoms with Gasteiger partial charge in [0.15, 0.2) is 0 Å². The molecule has 4 nitrogen and oxygen atoms in total. The van der Waals surface area contributed by atoms with Crippen molar-refractivity contribution in [3.05, 3.63) is 62.0 Å². The molecule has 1 aliphatic carbocycles. The fourth-order valence-corrected chi connectivity index (χ4v) is 2.98. The second kappa shape index (κ2) is 6.95. The van der Waals surface area contributed by atoms with Gasteiger partial charge in [-0.1, -0.05) is 47.0 Å². The van der Waals surface area contributed by atoms with Crippen LogP contribution in [0.15, 0.2) is 41.3 Å². The first-order valence-electron chi connectivity index (χ1n) is 7.21. The summed E-state index contributed by atoms with van der Waals surface area (Å²) in [4.78, 5) is 12.1. The molecule has 7 heteroatoms. The molecule has 0 fully saturated rings. The van der Waals surface area contributed by atoms with Crippen molar-refractivity contribution in [2.45, 2.75) is 25.3 Å². The summed E-state index contributed by atoms with van der Waals surface area (Å²) in [5.74, 6) is 0. The third-order valence-corrected chi connectivity index (χ3v) is 4.76. The second-order valence-corrected chi connectivity index (χ2v) is 6.51. The van der Waals surface area contributed by atoms with E-state index in [1.54, 1.807) is 12.1 Å². The Morgan fingerprint density at radius 1 is 1.17 bits per heavy atom. The van der Waals surface area contributed by atoms with Crippen LogP contribution in [0.2, 0.25) is 15.1 Å². The van der Waals surface area contributed by atoms with Crippen LogP contribution >= 0.6 is 34.8 Å². The summed E-state index contributed by atoms with van der Waals surface area (Å²) >= 11 is 18.0. The molecule has 1 N–H and O–H groups in total. The highest BCUT2D eigenvalue weighted by Crippen LogP contribution is 2.27. The molecule has 120 valence electrons. The number of allylic oxidation sites excluding steroid dienone is 1. The Balaban J connectivity index is 1.89. The highest BCUT2D eigenvalue weighted by atomic mass is 35.5. The van der Waals surface area contributed by atoms with Gasteiger partial charge in [-0.15, -0.1) is 0 Å². The first kappa shape index (κ1) is 16.4. The predicted octanol–water partition coefficient (Wildman–Crippen LogP) is 4.71. The molecule has 1 aromatic carbocycles. The average molecular weight is 371 g/mol. The van der Waals surface area contributed by atoms with Gasteiger partial charge in [-0.2, -0.15) is 9.78 Å². The van der Waals surface area contributed by atoms with Gasteiger partial charge >= 0.3 is 0 Å². The number of halogens is 3. The largest absolute Gasteiger partial charge is 0.381 e. The highest BCUT2D eigenvalue weighted by molar-refractivity contribution is 6.41. The summed E-state index contributed by atoms with van der Waals surface area (Å²) in [7, 11) is 0. The zero-order chi connectivity index (χ0) is 16.4. The molecular formula is C16H14Cl3N3O. The van der Waals surface area contributed by atoms with Gasteiger partial charge in [0.2, 0.25) is 0 Å². The zero-order valence-corrected chi connectivity index (χ0v) is 14.4. The Labute approximate surface area is 148 Å². The van der Waals surface area contributed by atoms with Crippen LogP contribution < -0.4 is 10.9 Å². The monoisotopic (exact) mass is 369 g/mol. The summed E-state index contributed by atoms with van der Waals surface area (Å²) in [6, 6.07) is 5.66. The molecule has 3 rings (SSSR count). The van der Waals surface area contributed by atoms with E-state index < -0.39 is 5.56 Å². The van der Waals surface area contributed by atoms with Gasteiger partial charge in [0.05, 0.1) is 27.6 Å². The molecule has 1 heterocycles. The lowest BCUT2D eigenvalue weighted by atomic mass is 10.0. The number of anilines is 1. The maximum absolute atomic E-state index is 12.1. The van der Waals surface area contributed by atoms with Gasteiger partial charge < -0.3 is 5.32 Å². The van der Waals surface area contributed by atoms with E-state index >= 15 is 0 Å². The highest BCUT2D eigenvalue weighted by Gasteiger charge is 2.13. The average Bonchev–Trinajstić information content (AvgIpc) is 2.56. The molecule has 1 unspecified atom stereocenters. The molecule has 1 atom stereocenters. The fraction of sp³-hybridized carbons (Fsp3) is 0.250. The molecule has 2 aromatic rings. The summed E-state index contributed by atoms with van der Waals surface area (Å²) in [5, 5.41) is 8.01. The van der Waals surface area contributed by atoms with Crippen LogP contribution in [0, 0.1) is 0 Å². The Morgan fingerprint density at radius 2 is 2.00 bits per heavy atom. The zero-order valence-electron chi connectivity index (χ0n) is 12.1. The number of benzene rings is 1. The van der Waals surface area contributed by atoms with Crippen molar-refractivity contribution in [1.29, 1.82) is 0 Å². The van der Waals surface area contributed by atoms with Crippen LogP contribution in [0.25, 0.3) is 5.69 Å². The van der Waals surface area contributed by atoms with Crippen molar-refractivity contribution in [1.82, 2.24) is 9.78 Å². The SMILES string of the molecule is O=c1c(Cl)c(Cl)cnn1-c1ccc(NC2CC=CCC2)c(Cl)c1. The first-order valence-corrected chi connectivity index (χ1v) is 8.34. The van der Waals surface area contributed by atoms with E-state index in [9.17, 15) is 4.79 Å². The van der Waals surface area contributed by atoms with E-state index in [0.29, 0.717) is 16.8 Å². The van der Waals surface area contributed by atoms with E-state index in [2.05, 4.69) is 22.6 Å². The van der Waals surface area contributed by atoms with Gasteiger partial charge in [-0.25, -0.2) is 0 Å². The Kier molecular flexibility index (Phi) is 4.95. The van der Waals surface area contributed by atoms with Crippen molar-refractivity contribution in [2.24, 2.45) is 0 Å². The fourth-order valence-electron chi connectivity index (χ4n) is 2.49. The molecule has 0 saturated heterocycles. The van der Waals surface area contributed by atoms with E-state index in [1.807, 2.05) is 6.07 Å². The van der Waals surface area contributed by atoms with E-state index in [4.69, 9.17) is 34.8 Å². The molecule has 0 radical (unpaired) electrons. The normalized spacial score (nSPS) is 17.3. The van der Waals surface area contributed by atoms with E-state index in [1.165, 1.54) is 10.9 Å². The van der Waals surface area contributed by atoms with Crippen LogP contribution in [-0.4, -0.2) is 15.8 Å². The summed E-state index contributed by atoms with van der Waals surface area (Å²) in [6.45, 7) is 0. The topological polar surface area (TPSA) is 46.9 Å². The first-order chi connectivity index (χ1) is 11.1. The lowest BCUT2D eigenvalue weighted by Gasteiger charge is -2.21. The Morgan fingerprint density at radius 3 is 2.70 bits per heavy atom. The maximum atomic E-state index is 12.1. The third-order valence-electron chi connectivity index (χ3n) is 3.70. The van der Waals surface area contributed by atoms with Gasteiger partial charge in [0.1, 0.15) is 5.02 Å². The number of rotatable bonds is 3. The summed E-state index contributed by atoms with van der Waals surface area (Å²) in [6.07, 6.45) is 8.80. The van der Waals surface area contributed by atoms with Crippen molar-refractivity contribution in [2.75, 3.05) is 5.32 Å². The number of nitrogens with one attached hydrogen (secondary N) is 1. The smallest absolute Gasteiger partial charge is 0.291 e.